The summed E-state index contributed by atoms with van der Waals surface area (Å²) >= 11 is 0. The van der Waals surface area contributed by atoms with Gasteiger partial charge in [0.05, 0.1) is 5.75 Å². The van der Waals surface area contributed by atoms with Crippen molar-refractivity contribution in [1.29, 1.82) is 0 Å². The van der Waals surface area contributed by atoms with E-state index in [1.807, 2.05) is 13.8 Å². The highest BCUT2D eigenvalue weighted by Crippen LogP contribution is 2.02. The van der Waals surface area contributed by atoms with Crippen LogP contribution in [0, 0.1) is 5.92 Å². The number of hydrogen-bond donors (Lipinski definition) is 2. The molecule has 0 aliphatic heterocycles. The number of nitrogens with one attached hydrogen (secondary N) is 1. The molecule has 20 heavy (non-hydrogen) atoms. The molecule has 1 unspecified atom stereocenters. The van der Waals surface area contributed by atoms with Gasteiger partial charge in [-0.15, -0.1) is 0 Å². The lowest BCUT2D eigenvalue weighted by Crippen LogP contribution is -2.47. The van der Waals surface area contributed by atoms with E-state index in [4.69, 9.17) is 5.11 Å². The minimum atomic E-state index is -3.26. The number of carbonyl (C=O) groups is 2. The van der Waals surface area contributed by atoms with Crippen molar-refractivity contribution in [1.82, 2.24) is 10.2 Å². The van der Waals surface area contributed by atoms with Gasteiger partial charge in [0, 0.05) is 19.8 Å². The summed E-state index contributed by atoms with van der Waals surface area (Å²) in [7, 11) is -1.68. The Bertz CT molecular complexity index is 433. The van der Waals surface area contributed by atoms with E-state index in [-0.39, 0.29) is 12.2 Å². The summed E-state index contributed by atoms with van der Waals surface area (Å²) in [5.74, 6) is -1.08. The van der Waals surface area contributed by atoms with Crippen molar-refractivity contribution in [3.8, 4) is 0 Å². The van der Waals surface area contributed by atoms with Crippen molar-refractivity contribution >= 4 is 21.8 Å². The molecule has 8 heteroatoms. The van der Waals surface area contributed by atoms with Crippen LogP contribution in [0.25, 0.3) is 0 Å². The van der Waals surface area contributed by atoms with Gasteiger partial charge in [0.2, 0.25) is 0 Å². The largest absolute Gasteiger partial charge is 0.480 e. The van der Waals surface area contributed by atoms with Gasteiger partial charge in [-0.3, -0.25) is 0 Å². The summed E-state index contributed by atoms with van der Waals surface area (Å²) in [6.07, 6.45) is 1.70. The molecule has 0 heterocycles. The standard InChI is InChI=1S/C12H24N2O5S/c1-9(2)5-7-14(3)12(17)13-10(11(15)16)6-8-20(4,18)19/h9-10H,5-8H2,1-4H3,(H,13,17)(H,15,16). The summed E-state index contributed by atoms with van der Waals surface area (Å²) in [4.78, 5) is 24.2. The van der Waals surface area contributed by atoms with Crippen molar-refractivity contribution in [2.75, 3.05) is 25.6 Å². The summed E-state index contributed by atoms with van der Waals surface area (Å²) in [5.41, 5.74) is 0. The molecule has 0 radical (unpaired) electrons. The molecule has 0 aromatic rings. The Kier molecular flexibility index (Phi) is 7.55. The average Bonchev–Trinajstić information content (AvgIpc) is 2.29. The number of amides is 2. The van der Waals surface area contributed by atoms with Gasteiger partial charge in [0.15, 0.2) is 0 Å². The van der Waals surface area contributed by atoms with Gasteiger partial charge in [-0.25, -0.2) is 18.0 Å². The van der Waals surface area contributed by atoms with Crippen LogP contribution < -0.4 is 5.32 Å². The highest BCUT2D eigenvalue weighted by Gasteiger charge is 2.23. The molecular formula is C12H24N2O5S. The van der Waals surface area contributed by atoms with E-state index in [1.165, 1.54) is 4.90 Å². The number of aliphatic carboxylic acids is 1. The van der Waals surface area contributed by atoms with Gasteiger partial charge >= 0.3 is 12.0 Å². The zero-order valence-corrected chi connectivity index (χ0v) is 13.2. The van der Waals surface area contributed by atoms with Crippen LogP contribution in [0.5, 0.6) is 0 Å². The number of carbonyl (C=O) groups excluding carboxylic acids is 1. The fourth-order valence-corrected chi connectivity index (χ4v) is 2.07. The number of hydrogen-bond acceptors (Lipinski definition) is 4. The smallest absolute Gasteiger partial charge is 0.326 e. The maximum atomic E-state index is 11.8. The monoisotopic (exact) mass is 308 g/mol. The highest BCUT2D eigenvalue weighted by atomic mass is 32.2. The molecule has 0 aliphatic rings. The van der Waals surface area contributed by atoms with E-state index < -0.39 is 27.9 Å². The van der Waals surface area contributed by atoms with Crippen LogP contribution in [0.15, 0.2) is 0 Å². The summed E-state index contributed by atoms with van der Waals surface area (Å²) in [6, 6.07) is -1.70. The van der Waals surface area contributed by atoms with Gasteiger partial charge in [-0.2, -0.15) is 0 Å². The van der Waals surface area contributed by atoms with Gasteiger partial charge in [-0.1, -0.05) is 13.8 Å². The number of carboxylic acid groups (broad SMARTS) is 1. The molecule has 0 spiro atoms. The molecule has 118 valence electrons. The van der Waals surface area contributed by atoms with Gasteiger partial charge in [-0.05, 0) is 18.8 Å². The molecule has 0 aliphatic carbocycles. The maximum Gasteiger partial charge on any atom is 0.326 e. The van der Waals surface area contributed by atoms with Crippen molar-refractivity contribution in [2.45, 2.75) is 32.7 Å². The lowest BCUT2D eigenvalue weighted by Gasteiger charge is -2.22. The Morgan fingerprint density at radius 3 is 2.20 bits per heavy atom. The number of urea groups is 1. The SMILES string of the molecule is CC(C)CCN(C)C(=O)NC(CCS(C)(=O)=O)C(=O)O. The lowest BCUT2D eigenvalue weighted by molar-refractivity contribution is -0.139. The Morgan fingerprint density at radius 1 is 1.25 bits per heavy atom. The molecule has 0 aromatic carbocycles. The Balaban J connectivity index is 4.44. The van der Waals surface area contributed by atoms with E-state index in [2.05, 4.69) is 5.32 Å². The zero-order chi connectivity index (χ0) is 15.9. The Hall–Kier alpha value is -1.31. The van der Waals surface area contributed by atoms with Gasteiger partial charge < -0.3 is 15.3 Å². The molecule has 0 saturated carbocycles. The van der Waals surface area contributed by atoms with Gasteiger partial charge in [0.1, 0.15) is 15.9 Å². The minimum absolute atomic E-state index is 0.141. The van der Waals surface area contributed by atoms with E-state index in [1.54, 1.807) is 7.05 Å². The second kappa shape index (κ2) is 8.08. The maximum absolute atomic E-state index is 11.8. The first-order valence-electron chi connectivity index (χ1n) is 6.45. The molecule has 1 atom stereocenters. The molecule has 0 rings (SSSR count). The Labute approximate surface area is 120 Å². The topological polar surface area (TPSA) is 104 Å². The van der Waals surface area contributed by atoms with E-state index >= 15 is 0 Å². The van der Waals surface area contributed by atoms with Crippen LogP contribution in [0.1, 0.15) is 26.7 Å². The van der Waals surface area contributed by atoms with Crippen LogP contribution in [0.2, 0.25) is 0 Å². The molecule has 2 amide bonds. The van der Waals surface area contributed by atoms with Crippen molar-refractivity contribution in [2.24, 2.45) is 5.92 Å². The van der Waals surface area contributed by atoms with Gasteiger partial charge in [0.25, 0.3) is 0 Å². The van der Waals surface area contributed by atoms with Crippen LogP contribution in [0.3, 0.4) is 0 Å². The lowest BCUT2D eigenvalue weighted by atomic mass is 10.1. The number of carboxylic acids is 1. The number of sulfone groups is 1. The minimum Gasteiger partial charge on any atom is -0.480 e. The van der Waals surface area contributed by atoms with Crippen LogP contribution in [-0.2, 0) is 14.6 Å². The summed E-state index contributed by atoms with van der Waals surface area (Å²) < 4.78 is 22.1. The first kappa shape index (κ1) is 18.7. The molecule has 0 saturated heterocycles. The van der Waals surface area contributed by atoms with Crippen LogP contribution >= 0.6 is 0 Å². The molecule has 7 nitrogen and oxygen atoms in total. The normalized spacial score (nSPS) is 13.1. The third-order valence-corrected chi connectivity index (χ3v) is 3.74. The molecule has 2 N–H and O–H groups in total. The Morgan fingerprint density at radius 2 is 1.80 bits per heavy atom. The van der Waals surface area contributed by atoms with Crippen molar-refractivity contribution in [3.63, 3.8) is 0 Å². The van der Waals surface area contributed by atoms with Crippen LogP contribution in [-0.4, -0.2) is 62.1 Å². The van der Waals surface area contributed by atoms with E-state index in [0.717, 1.165) is 12.7 Å². The fourth-order valence-electron chi connectivity index (χ4n) is 1.40. The first-order valence-corrected chi connectivity index (χ1v) is 8.51. The third-order valence-electron chi connectivity index (χ3n) is 2.76. The average molecular weight is 308 g/mol. The fraction of sp³-hybridized carbons (Fsp3) is 0.833. The number of nitrogens with zero attached hydrogens (tertiary/aromatic N) is 1. The first-order chi connectivity index (χ1) is 9.03. The summed E-state index contributed by atoms with van der Waals surface area (Å²) in [5, 5.41) is 11.3. The molecule has 0 bridgehead atoms. The zero-order valence-electron chi connectivity index (χ0n) is 12.4. The molecule has 0 fully saturated rings. The van der Waals surface area contributed by atoms with Crippen LogP contribution in [0.4, 0.5) is 4.79 Å². The molecular weight excluding hydrogens is 284 g/mol. The quantitative estimate of drug-likeness (QED) is 0.682. The third kappa shape index (κ3) is 8.73. The molecule has 0 aromatic heterocycles. The second-order valence-corrected chi connectivity index (χ2v) is 7.62. The number of rotatable bonds is 8. The predicted octanol–water partition coefficient (Wildman–Crippen LogP) is 0.562. The predicted molar refractivity (Wildman–Crippen MR) is 76.4 cm³/mol. The van der Waals surface area contributed by atoms with E-state index in [0.29, 0.717) is 12.5 Å². The van der Waals surface area contributed by atoms with E-state index in [9.17, 15) is 18.0 Å². The van der Waals surface area contributed by atoms with Crippen molar-refractivity contribution < 1.29 is 23.1 Å². The van der Waals surface area contributed by atoms with Crippen molar-refractivity contribution in [3.05, 3.63) is 0 Å². The summed E-state index contributed by atoms with van der Waals surface area (Å²) in [6.45, 7) is 4.57. The second-order valence-electron chi connectivity index (χ2n) is 5.36. The highest BCUT2D eigenvalue weighted by molar-refractivity contribution is 7.90.